The smallest absolute Gasteiger partial charge is 0.316 e. The summed E-state index contributed by atoms with van der Waals surface area (Å²) in [5.41, 5.74) is -0.374. The van der Waals surface area contributed by atoms with Crippen molar-refractivity contribution in [3.05, 3.63) is 36.0 Å². The molecule has 0 aliphatic rings. The van der Waals surface area contributed by atoms with Gasteiger partial charge in [-0.3, -0.25) is 0 Å². The summed E-state index contributed by atoms with van der Waals surface area (Å²) in [6.45, 7) is 5.30. The van der Waals surface area contributed by atoms with Crippen LogP contribution in [0.3, 0.4) is 0 Å². The summed E-state index contributed by atoms with van der Waals surface area (Å²) in [4.78, 5) is 0. The number of hydrogen-bond donors (Lipinski definition) is 1. The molecule has 0 aromatic carbocycles. The monoisotopic (exact) mass is 219 g/mol. The lowest BCUT2D eigenvalue weighted by molar-refractivity contribution is -0.0894. The Balaban J connectivity index is 5.12. The summed E-state index contributed by atoms with van der Waals surface area (Å²) in [6.07, 6.45) is -0.0340. The third-order valence-corrected chi connectivity index (χ3v) is 1.75. The standard InChI is InChI=1S/C11H16F3N/c1-4-6-9(8-15-3)10(7-5-2)11(12,13)14/h5-7,15H,2,4,8H2,1,3H3/b9-6-,10-7+. The van der Waals surface area contributed by atoms with Gasteiger partial charge in [-0.15, -0.1) is 0 Å². The van der Waals surface area contributed by atoms with E-state index in [1.807, 2.05) is 0 Å². The Bertz CT molecular complexity index is 261. The van der Waals surface area contributed by atoms with E-state index in [0.29, 0.717) is 6.42 Å². The molecule has 86 valence electrons. The van der Waals surface area contributed by atoms with Crippen LogP contribution in [0.4, 0.5) is 13.2 Å². The van der Waals surface area contributed by atoms with Gasteiger partial charge >= 0.3 is 6.18 Å². The molecule has 0 aromatic heterocycles. The SMILES string of the molecule is C=C/C=C(\C(=C/CC)CNC)C(F)(F)F. The number of nitrogens with one attached hydrogen (secondary N) is 1. The van der Waals surface area contributed by atoms with Crippen LogP contribution in [0.1, 0.15) is 13.3 Å². The lowest BCUT2D eigenvalue weighted by Gasteiger charge is -2.14. The number of alkyl halides is 3. The number of likely N-dealkylation sites (N-methyl/N-ethyl adjacent to an activating group) is 1. The first-order valence-corrected chi connectivity index (χ1v) is 4.71. The minimum atomic E-state index is -4.33. The molecule has 0 saturated heterocycles. The highest BCUT2D eigenvalue weighted by Gasteiger charge is 2.34. The van der Waals surface area contributed by atoms with Gasteiger partial charge in [-0.2, -0.15) is 13.2 Å². The number of rotatable bonds is 5. The topological polar surface area (TPSA) is 12.0 Å². The fraction of sp³-hybridized carbons (Fsp3) is 0.455. The van der Waals surface area contributed by atoms with Crippen molar-refractivity contribution in [2.24, 2.45) is 0 Å². The van der Waals surface area contributed by atoms with Crippen LogP contribution in [0.5, 0.6) is 0 Å². The van der Waals surface area contributed by atoms with Crippen molar-refractivity contribution in [3.63, 3.8) is 0 Å². The van der Waals surface area contributed by atoms with Crippen molar-refractivity contribution < 1.29 is 13.2 Å². The Kier molecular flexibility index (Phi) is 6.01. The molecule has 0 saturated carbocycles. The lowest BCUT2D eigenvalue weighted by atomic mass is 10.0. The van der Waals surface area contributed by atoms with Gasteiger partial charge in [0.15, 0.2) is 0 Å². The van der Waals surface area contributed by atoms with Gasteiger partial charge in [-0.25, -0.2) is 0 Å². The van der Waals surface area contributed by atoms with E-state index in [9.17, 15) is 13.2 Å². The van der Waals surface area contributed by atoms with Crippen LogP contribution in [0.25, 0.3) is 0 Å². The molecular weight excluding hydrogens is 203 g/mol. The first kappa shape index (κ1) is 14.0. The maximum absolute atomic E-state index is 12.6. The molecule has 0 heterocycles. The lowest BCUT2D eigenvalue weighted by Crippen LogP contribution is -2.20. The number of allylic oxidation sites excluding steroid dienone is 3. The first-order valence-electron chi connectivity index (χ1n) is 4.71. The van der Waals surface area contributed by atoms with Crippen molar-refractivity contribution in [2.45, 2.75) is 19.5 Å². The Morgan fingerprint density at radius 2 is 2.00 bits per heavy atom. The second-order valence-electron chi connectivity index (χ2n) is 2.98. The molecule has 0 unspecified atom stereocenters. The molecule has 0 atom stereocenters. The zero-order chi connectivity index (χ0) is 11.9. The van der Waals surface area contributed by atoms with Crippen molar-refractivity contribution in [3.8, 4) is 0 Å². The van der Waals surface area contributed by atoms with Gasteiger partial charge in [0.2, 0.25) is 0 Å². The van der Waals surface area contributed by atoms with Gasteiger partial charge < -0.3 is 5.32 Å². The molecule has 0 aliphatic carbocycles. The van der Waals surface area contributed by atoms with E-state index >= 15 is 0 Å². The van der Waals surface area contributed by atoms with Gasteiger partial charge in [0.1, 0.15) is 0 Å². The average Bonchev–Trinajstić information content (AvgIpc) is 2.12. The molecule has 0 aliphatic heterocycles. The second-order valence-corrected chi connectivity index (χ2v) is 2.98. The predicted octanol–water partition coefficient (Wildman–Crippen LogP) is 3.22. The normalized spacial score (nSPS) is 14.2. The molecule has 4 heteroatoms. The minimum Gasteiger partial charge on any atom is -0.316 e. The van der Waals surface area contributed by atoms with Crippen LogP contribution >= 0.6 is 0 Å². The fourth-order valence-corrected chi connectivity index (χ4v) is 1.22. The van der Waals surface area contributed by atoms with E-state index in [0.717, 1.165) is 12.2 Å². The van der Waals surface area contributed by atoms with E-state index in [1.165, 1.54) is 0 Å². The summed E-state index contributed by atoms with van der Waals surface area (Å²) >= 11 is 0. The van der Waals surface area contributed by atoms with Crippen LogP contribution in [-0.4, -0.2) is 19.8 Å². The molecule has 1 nitrogen and oxygen atoms in total. The molecule has 0 aromatic rings. The van der Waals surface area contributed by atoms with E-state index in [1.54, 1.807) is 20.0 Å². The molecule has 1 N–H and O–H groups in total. The van der Waals surface area contributed by atoms with Gasteiger partial charge in [-0.05, 0) is 19.0 Å². The number of hydrogen-bond acceptors (Lipinski definition) is 1. The van der Waals surface area contributed by atoms with Gasteiger partial charge in [-0.1, -0.05) is 31.7 Å². The van der Waals surface area contributed by atoms with E-state index in [4.69, 9.17) is 0 Å². The summed E-state index contributed by atoms with van der Waals surface area (Å²) in [5.74, 6) is 0. The van der Waals surface area contributed by atoms with Crippen LogP contribution in [0.15, 0.2) is 36.0 Å². The van der Waals surface area contributed by atoms with Crippen LogP contribution in [-0.2, 0) is 0 Å². The van der Waals surface area contributed by atoms with Gasteiger partial charge in [0.25, 0.3) is 0 Å². The third kappa shape index (κ3) is 4.83. The van der Waals surface area contributed by atoms with E-state index in [-0.39, 0.29) is 12.1 Å². The Morgan fingerprint density at radius 1 is 1.40 bits per heavy atom. The zero-order valence-corrected chi connectivity index (χ0v) is 8.99. The molecule has 0 fully saturated rings. The minimum absolute atomic E-state index is 0.201. The van der Waals surface area contributed by atoms with Crippen LogP contribution in [0.2, 0.25) is 0 Å². The van der Waals surface area contributed by atoms with Crippen LogP contribution in [0, 0.1) is 0 Å². The maximum Gasteiger partial charge on any atom is 0.416 e. The van der Waals surface area contributed by atoms with Gasteiger partial charge in [0.05, 0.1) is 5.57 Å². The molecule has 0 amide bonds. The van der Waals surface area contributed by atoms with E-state index < -0.39 is 11.7 Å². The molecular formula is C11H16F3N. The second kappa shape index (κ2) is 6.45. The Labute approximate surface area is 88.4 Å². The quantitative estimate of drug-likeness (QED) is 0.700. The predicted molar refractivity (Wildman–Crippen MR) is 56.6 cm³/mol. The maximum atomic E-state index is 12.6. The Morgan fingerprint density at radius 3 is 2.33 bits per heavy atom. The van der Waals surface area contributed by atoms with Gasteiger partial charge in [0, 0.05) is 6.54 Å². The molecule has 0 spiro atoms. The highest BCUT2D eigenvalue weighted by molar-refractivity contribution is 5.38. The summed E-state index contributed by atoms with van der Waals surface area (Å²) in [5, 5.41) is 2.72. The van der Waals surface area contributed by atoms with Crippen molar-refractivity contribution in [2.75, 3.05) is 13.6 Å². The van der Waals surface area contributed by atoms with Crippen molar-refractivity contribution >= 4 is 0 Å². The number of halogens is 3. The molecule has 0 radical (unpaired) electrons. The third-order valence-electron chi connectivity index (χ3n) is 1.75. The average molecular weight is 219 g/mol. The van der Waals surface area contributed by atoms with Crippen molar-refractivity contribution in [1.82, 2.24) is 5.32 Å². The zero-order valence-electron chi connectivity index (χ0n) is 8.99. The fourth-order valence-electron chi connectivity index (χ4n) is 1.22. The highest BCUT2D eigenvalue weighted by Crippen LogP contribution is 2.31. The molecule has 0 bridgehead atoms. The first-order chi connectivity index (χ1) is 6.97. The highest BCUT2D eigenvalue weighted by atomic mass is 19.4. The Hall–Kier alpha value is -1.03. The van der Waals surface area contributed by atoms with E-state index in [2.05, 4.69) is 11.9 Å². The summed E-state index contributed by atoms with van der Waals surface area (Å²) in [7, 11) is 1.62. The summed E-state index contributed by atoms with van der Waals surface area (Å²) in [6, 6.07) is 0. The van der Waals surface area contributed by atoms with Crippen LogP contribution < -0.4 is 5.32 Å². The largest absolute Gasteiger partial charge is 0.416 e. The van der Waals surface area contributed by atoms with Crippen molar-refractivity contribution in [1.29, 1.82) is 0 Å². The molecule has 0 rings (SSSR count). The molecule has 15 heavy (non-hydrogen) atoms. The summed E-state index contributed by atoms with van der Waals surface area (Å²) < 4.78 is 37.9.